The van der Waals surface area contributed by atoms with E-state index in [2.05, 4.69) is 4.18 Å². The van der Waals surface area contributed by atoms with E-state index >= 15 is 0 Å². The fraction of sp³-hybridized carbons (Fsp3) is 1.00. The van der Waals surface area contributed by atoms with Crippen LogP contribution < -0.4 is 29.6 Å². The van der Waals surface area contributed by atoms with Crippen LogP contribution in [-0.4, -0.2) is 19.6 Å². The zero-order chi connectivity index (χ0) is 8.04. The number of rotatable bonds is 5. The summed E-state index contributed by atoms with van der Waals surface area (Å²) in [5, 5.41) is 0. The van der Waals surface area contributed by atoms with Gasteiger partial charge in [-0.05, 0) is 6.42 Å². The molecule has 0 fully saturated rings. The summed E-state index contributed by atoms with van der Waals surface area (Å²) in [6.07, 6.45) is 2.57. The molecule has 4 nitrogen and oxygen atoms in total. The molecule has 0 rings (SSSR count). The Morgan fingerprint density at radius 2 is 1.91 bits per heavy atom. The Hall–Kier alpha value is 0.870. The Morgan fingerprint density at radius 1 is 1.36 bits per heavy atom. The van der Waals surface area contributed by atoms with Gasteiger partial charge in [-0.25, -0.2) is 4.18 Å². The van der Waals surface area contributed by atoms with Crippen molar-refractivity contribution in [2.45, 2.75) is 26.2 Å². The maximum absolute atomic E-state index is 9.93. The number of hydrogen-bond donors (Lipinski definition) is 1. The Labute approximate surface area is 89.6 Å². The van der Waals surface area contributed by atoms with Crippen molar-refractivity contribution in [3.63, 3.8) is 0 Å². The first-order valence-electron chi connectivity index (χ1n) is 3.18. The standard InChI is InChI=1S/C5H12O4S.Na/c1-2-3-4-5-9-10(6,7)8;/h2-5H2,1H3,(H,6,7,8);/q;+1. The Morgan fingerprint density at radius 3 is 2.27 bits per heavy atom. The second kappa shape index (κ2) is 7.52. The molecule has 0 aromatic carbocycles. The van der Waals surface area contributed by atoms with Crippen LogP contribution in [0.15, 0.2) is 0 Å². The summed E-state index contributed by atoms with van der Waals surface area (Å²) in [5.41, 5.74) is 0. The minimum Gasteiger partial charge on any atom is -0.264 e. The SMILES string of the molecule is CCCCCOS(=O)(=O)O.[Na+]. The summed E-state index contributed by atoms with van der Waals surface area (Å²) in [5.74, 6) is 0. The number of hydrogen-bond acceptors (Lipinski definition) is 3. The first-order chi connectivity index (χ1) is 4.56. The molecule has 0 spiro atoms. The summed E-state index contributed by atoms with van der Waals surface area (Å²) in [6, 6.07) is 0. The Balaban J connectivity index is 0. The molecule has 0 aromatic heterocycles. The van der Waals surface area contributed by atoms with Gasteiger partial charge in [0.1, 0.15) is 0 Å². The summed E-state index contributed by atoms with van der Waals surface area (Å²) in [6.45, 7) is 2.07. The molecule has 0 saturated carbocycles. The molecular weight excluding hydrogens is 179 g/mol. The van der Waals surface area contributed by atoms with Gasteiger partial charge in [0.05, 0.1) is 6.61 Å². The van der Waals surface area contributed by atoms with E-state index in [0.29, 0.717) is 6.42 Å². The molecule has 0 aliphatic heterocycles. The normalized spacial score (nSPS) is 10.7. The molecule has 0 radical (unpaired) electrons. The van der Waals surface area contributed by atoms with Gasteiger partial charge in [0.15, 0.2) is 0 Å². The molecule has 0 saturated heterocycles. The molecule has 1 N–H and O–H groups in total. The third kappa shape index (κ3) is 13.8. The van der Waals surface area contributed by atoms with Gasteiger partial charge in [-0.2, -0.15) is 8.42 Å². The van der Waals surface area contributed by atoms with Crippen molar-refractivity contribution >= 4 is 10.4 Å². The molecule has 0 aromatic rings. The van der Waals surface area contributed by atoms with Crippen molar-refractivity contribution in [2.24, 2.45) is 0 Å². The van der Waals surface area contributed by atoms with Crippen molar-refractivity contribution in [2.75, 3.05) is 6.61 Å². The summed E-state index contributed by atoms with van der Waals surface area (Å²) in [7, 11) is -4.20. The van der Waals surface area contributed by atoms with Crippen LogP contribution in [0.2, 0.25) is 0 Å². The van der Waals surface area contributed by atoms with Gasteiger partial charge in [-0.3, -0.25) is 4.55 Å². The molecule has 62 valence electrons. The molecular formula is C5H12NaO4S+. The van der Waals surface area contributed by atoms with E-state index in [1.807, 2.05) is 6.92 Å². The van der Waals surface area contributed by atoms with Gasteiger partial charge >= 0.3 is 40.0 Å². The molecule has 0 aliphatic carbocycles. The number of unbranched alkanes of at least 4 members (excludes halogenated alkanes) is 2. The first-order valence-corrected chi connectivity index (χ1v) is 4.54. The van der Waals surface area contributed by atoms with E-state index in [4.69, 9.17) is 4.55 Å². The zero-order valence-corrected chi connectivity index (χ0v) is 9.73. The van der Waals surface area contributed by atoms with Crippen molar-refractivity contribution < 1.29 is 46.7 Å². The Bertz CT molecular complexity index is 165. The Kier molecular flexibility index (Phi) is 9.84. The van der Waals surface area contributed by atoms with Crippen LogP contribution in [0.5, 0.6) is 0 Å². The molecule has 0 atom stereocenters. The minimum atomic E-state index is -4.20. The van der Waals surface area contributed by atoms with E-state index in [1.165, 1.54) is 0 Å². The van der Waals surface area contributed by atoms with Crippen LogP contribution in [0, 0.1) is 0 Å². The molecule has 11 heavy (non-hydrogen) atoms. The summed E-state index contributed by atoms with van der Waals surface area (Å²) >= 11 is 0. The van der Waals surface area contributed by atoms with E-state index in [-0.39, 0.29) is 36.2 Å². The van der Waals surface area contributed by atoms with E-state index in [1.54, 1.807) is 0 Å². The minimum absolute atomic E-state index is 0. The molecule has 0 unspecified atom stereocenters. The van der Waals surface area contributed by atoms with Crippen LogP contribution in [0.1, 0.15) is 26.2 Å². The van der Waals surface area contributed by atoms with Crippen molar-refractivity contribution in [3.05, 3.63) is 0 Å². The van der Waals surface area contributed by atoms with Gasteiger partial charge in [-0.1, -0.05) is 19.8 Å². The van der Waals surface area contributed by atoms with Crippen molar-refractivity contribution in [1.29, 1.82) is 0 Å². The monoisotopic (exact) mass is 191 g/mol. The van der Waals surface area contributed by atoms with Crippen LogP contribution in [0.3, 0.4) is 0 Å². The smallest absolute Gasteiger partial charge is 0.264 e. The molecule has 0 bridgehead atoms. The van der Waals surface area contributed by atoms with Crippen molar-refractivity contribution in [1.82, 2.24) is 0 Å². The van der Waals surface area contributed by atoms with Crippen LogP contribution >= 0.6 is 0 Å². The maximum Gasteiger partial charge on any atom is 1.00 e. The van der Waals surface area contributed by atoms with Crippen molar-refractivity contribution in [3.8, 4) is 0 Å². The van der Waals surface area contributed by atoms with Crippen LogP contribution in [0.4, 0.5) is 0 Å². The molecule has 0 heterocycles. The van der Waals surface area contributed by atoms with Crippen LogP contribution in [-0.2, 0) is 14.6 Å². The summed E-state index contributed by atoms with van der Waals surface area (Å²) in [4.78, 5) is 0. The second-order valence-electron chi connectivity index (χ2n) is 1.96. The van der Waals surface area contributed by atoms with E-state index < -0.39 is 10.4 Å². The molecule has 0 amide bonds. The quantitative estimate of drug-likeness (QED) is 0.310. The fourth-order valence-corrected chi connectivity index (χ4v) is 0.845. The topological polar surface area (TPSA) is 63.6 Å². The summed E-state index contributed by atoms with van der Waals surface area (Å²) < 4.78 is 32.0. The molecule has 6 heteroatoms. The van der Waals surface area contributed by atoms with E-state index in [0.717, 1.165) is 12.8 Å². The third-order valence-electron chi connectivity index (χ3n) is 0.980. The molecule has 0 aliphatic rings. The predicted octanol–water partition coefficient (Wildman–Crippen LogP) is -2.00. The van der Waals surface area contributed by atoms with Gasteiger partial charge in [0.25, 0.3) is 0 Å². The average Bonchev–Trinajstić information content (AvgIpc) is 1.78. The van der Waals surface area contributed by atoms with E-state index in [9.17, 15) is 8.42 Å². The van der Waals surface area contributed by atoms with Crippen LogP contribution in [0.25, 0.3) is 0 Å². The predicted molar refractivity (Wildman–Crippen MR) is 37.0 cm³/mol. The maximum atomic E-state index is 9.93. The first kappa shape index (κ1) is 14.4. The fourth-order valence-electron chi connectivity index (χ4n) is 0.516. The zero-order valence-electron chi connectivity index (χ0n) is 6.91. The average molecular weight is 191 g/mol. The third-order valence-corrected chi connectivity index (χ3v) is 1.44. The second-order valence-corrected chi connectivity index (χ2v) is 3.05. The van der Waals surface area contributed by atoms with Gasteiger partial charge in [0, 0.05) is 0 Å². The van der Waals surface area contributed by atoms with Gasteiger partial charge in [-0.15, -0.1) is 0 Å². The van der Waals surface area contributed by atoms with Gasteiger partial charge < -0.3 is 0 Å². The largest absolute Gasteiger partial charge is 1.00 e. The van der Waals surface area contributed by atoms with Gasteiger partial charge in [0.2, 0.25) is 0 Å².